The number of carbonyl (C=O) groups excluding carboxylic acids is 1. The number of nitrogens with one attached hydrogen (secondary N) is 1. The number of nitrogens with two attached hydrogens (primary N) is 1. The van der Waals surface area contributed by atoms with Crippen LogP contribution in [0.3, 0.4) is 0 Å². The molecular formula is C16H19ClN2O4S. The van der Waals surface area contributed by atoms with Crippen LogP contribution < -0.4 is 10.5 Å². The maximum Gasteiger partial charge on any atom is 0.262 e. The highest BCUT2D eigenvalue weighted by atomic mass is 35.5. The number of amides is 1. The van der Waals surface area contributed by atoms with Crippen LogP contribution in [-0.2, 0) is 21.2 Å². The van der Waals surface area contributed by atoms with Crippen molar-refractivity contribution in [2.75, 3.05) is 4.72 Å². The lowest BCUT2D eigenvalue weighted by molar-refractivity contribution is -0.117. The summed E-state index contributed by atoms with van der Waals surface area (Å²) in [6.07, 6.45) is -0.169. The minimum atomic E-state index is -3.84. The van der Waals surface area contributed by atoms with Crippen LogP contribution in [0, 0.1) is 13.8 Å². The number of aryl methyl sites for hydroxylation is 2. The lowest BCUT2D eigenvalue weighted by Crippen LogP contribution is -2.16. The van der Waals surface area contributed by atoms with E-state index in [1.165, 1.54) is 18.2 Å². The van der Waals surface area contributed by atoms with Gasteiger partial charge in [0.25, 0.3) is 10.0 Å². The average Bonchev–Trinajstić information content (AvgIpc) is 2.46. The first-order chi connectivity index (χ1) is 10.7. The molecule has 2 aromatic carbocycles. The van der Waals surface area contributed by atoms with Crippen LogP contribution in [0.4, 0.5) is 5.69 Å². The minimum Gasteiger partial charge on any atom is -0.505 e. The monoisotopic (exact) mass is 370 g/mol. The zero-order valence-electron chi connectivity index (χ0n) is 13.2. The van der Waals surface area contributed by atoms with Gasteiger partial charge in [0.1, 0.15) is 5.75 Å². The Hall–Kier alpha value is -2.25. The van der Waals surface area contributed by atoms with Crippen LogP contribution in [0.5, 0.6) is 5.75 Å². The molecule has 8 heteroatoms. The molecule has 0 heterocycles. The van der Waals surface area contributed by atoms with Crippen LogP contribution in [0.1, 0.15) is 16.7 Å². The van der Waals surface area contributed by atoms with Crippen LogP contribution in [0.15, 0.2) is 41.3 Å². The zero-order valence-corrected chi connectivity index (χ0v) is 14.9. The molecule has 0 aliphatic heterocycles. The molecule has 4 N–H and O–H groups in total. The number of hydrogen-bond donors (Lipinski definition) is 3. The fourth-order valence-electron chi connectivity index (χ4n) is 2.20. The van der Waals surface area contributed by atoms with E-state index in [9.17, 15) is 18.3 Å². The number of sulfonamides is 1. The number of halogens is 1. The lowest BCUT2D eigenvalue weighted by Gasteiger charge is -2.14. The van der Waals surface area contributed by atoms with Gasteiger partial charge in [-0.1, -0.05) is 18.2 Å². The molecule has 0 saturated carbocycles. The largest absolute Gasteiger partial charge is 0.505 e. The van der Waals surface area contributed by atoms with Gasteiger partial charge in [-0.3, -0.25) is 9.52 Å². The maximum absolute atomic E-state index is 12.4. The van der Waals surface area contributed by atoms with Gasteiger partial charge in [0.05, 0.1) is 17.0 Å². The van der Waals surface area contributed by atoms with Crippen molar-refractivity contribution in [3.05, 3.63) is 53.1 Å². The molecule has 0 bridgehead atoms. The third-order valence-corrected chi connectivity index (χ3v) is 4.78. The summed E-state index contributed by atoms with van der Waals surface area (Å²) in [5.74, 6) is -0.901. The number of phenolic OH excluding ortho intramolecular Hbond substituents is 1. The molecule has 6 nitrogen and oxygen atoms in total. The number of hydrogen-bond acceptors (Lipinski definition) is 4. The summed E-state index contributed by atoms with van der Waals surface area (Å²) >= 11 is 0. The molecule has 0 aliphatic carbocycles. The summed E-state index contributed by atoms with van der Waals surface area (Å²) in [5.41, 5.74) is 6.93. The molecule has 1 amide bonds. The third kappa shape index (κ3) is 4.39. The highest BCUT2D eigenvalue weighted by Crippen LogP contribution is 2.32. The van der Waals surface area contributed by atoms with Crippen molar-refractivity contribution in [1.29, 1.82) is 0 Å². The summed E-state index contributed by atoms with van der Waals surface area (Å²) in [5, 5.41) is 10.2. The Balaban J connectivity index is 0.00000288. The molecule has 0 radical (unpaired) electrons. The molecule has 2 aromatic rings. The van der Waals surface area contributed by atoms with Crippen LogP contribution in [0.25, 0.3) is 0 Å². The minimum absolute atomic E-state index is 0. The normalized spacial score (nSPS) is 10.8. The van der Waals surface area contributed by atoms with Crippen LogP contribution >= 0.6 is 12.4 Å². The Morgan fingerprint density at radius 3 is 2.46 bits per heavy atom. The predicted octanol–water partition coefficient (Wildman–Crippen LogP) is 2.26. The summed E-state index contributed by atoms with van der Waals surface area (Å²) in [6.45, 7) is 3.49. The Morgan fingerprint density at radius 2 is 1.88 bits per heavy atom. The highest BCUT2D eigenvalue weighted by molar-refractivity contribution is 7.92. The van der Waals surface area contributed by atoms with Gasteiger partial charge < -0.3 is 10.8 Å². The summed E-state index contributed by atoms with van der Waals surface area (Å²) in [7, 11) is -3.84. The average molecular weight is 371 g/mol. The molecule has 0 aromatic heterocycles. The zero-order chi connectivity index (χ0) is 17.2. The molecule has 0 saturated heterocycles. The van der Waals surface area contributed by atoms with Crippen molar-refractivity contribution in [1.82, 2.24) is 0 Å². The molecule has 0 spiro atoms. The number of phenols is 1. The third-order valence-electron chi connectivity index (χ3n) is 3.41. The number of primary amides is 1. The van der Waals surface area contributed by atoms with Crippen molar-refractivity contribution in [2.24, 2.45) is 5.73 Å². The first kappa shape index (κ1) is 19.8. The number of rotatable bonds is 5. The van der Waals surface area contributed by atoms with E-state index in [-0.39, 0.29) is 35.2 Å². The number of anilines is 1. The van der Waals surface area contributed by atoms with Crippen molar-refractivity contribution < 1.29 is 18.3 Å². The quantitative estimate of drug-likeness (QED) is 0.701. The first-order valence-corrected chi connectivity index (χ1v) is 8.38. The van der Waals surface area contributed by atoms with E-state index in [0.29, 0.717) is 11.1 Å². The fourth-order valence-corrected chi connectivity index (χ4v) is 3.37. The Bertz CT molecular complexity index is 866. The molecule has 0 unspecified atom stereocenters. The lowest BCUT2D eigenvalue weighted by atomic mass is 10.0. The van der Waals surface area contributed by atoms with Gasteiger partial charge in [-0.05, 0) is 43.2 Å². The SMILES string of the molecule is Cc1cccc(S(=O)(=O)Nc2ccc(C)c(CC(N)=O)c2O)c1.Cl. The topological polar surface area (TPSA) is 109 Å². The molecule has 0 fully saturated rings. The Labute approximate surface area is 147 Å². The highest BCUT2D eigenvalue weighted by Gasteiger charge is 2.19. The molecule has 2 rings (SSSR count). The number of benzene rings is 2. The van der Waals surface area contributed by atoms with Gasteiger partial charge in [0.2, 0.25) is 5.91 Å². The van der Waals surface area contributed by atoms with Crippen LogP contribution in [-0.4, -0.2) is 19.4 Å². The van der Waals surface area contributed by atoms with Gasteiger partial charge in [0, 0.05) is 5.56 Å². The number of aromatic hydroxyl groups is 1. The van der Waals surface area contributed by atoms with Crippen molar-refractivity contribution in [3.63, 3.8) is 0 Å². The van der Waals surface area contributed by atoms with Gasteiger partial charge in [-0.2, -0.15) is 0 Å². The van der Waals surface area contributed by atoms with E-state index in [4.69, 9.17) is 5.73 Å². The fraction of sp³-hybridized carbons (Fsp3) is 0.188. The standard InChI is InChI=1S/C16H18N2O4S.ClH/c1-10-4-3-5-12(8-10)23(21,22)18-14-7-6-11(2)13(16(14)20)9-15(17)19;/h3-8,18,20H,9H2,1-2H3,(H2,17,19);1H. The van der Waals surface area contributed by atoms with Crippen molar-refractivity contribution >= 4 is 34.0 Å². The summed E-state index contributed by atoms with van der Waals surface area (Å²) in [4.78, 5) is 11.2. The summed E-state index contributed by atoms with van der Waals surface area (Å²) < 4.78 is 27.2. The van der Waals surface area contributed by atoms with Gasteiger partial charge >= 0.3 is 0 Å². The molecule has 0 atom stereocenters. The molecule has 0 aliphatic rings. The second kappa shape index (κ2) is 7.55. The molecule has 130 valence electrons. The molecular weight excluding hydrogens is 352 g/mol. The van der Waals surface area contributed by atoms with Gasteiger partial charge in [-0.25, -0.2) is 8.42 Å². The Kier molecular flexibility index (Phi) is 6.22. The van der Waals surface area contributed by atoms with E-state index in [1.807, 2.05) is 0 Å². The predicted molar refractivity (Wildman–Crippen MR) is 95.0 cm³/mol. The van der Waals surface area contributed by atoms with E-state index in [2.05, 4.69) is 4.72 Å². The first-order valence-electron chi connectivity index (χ1n) is 6.90. The second-order valence-corrected chi connectivity index (χ2v) is 7.00. The van der Waals surface area contributed by atoms with Gasteiger partial charge in [0.15, 0.2) is 0 Å². The van der Waals surface area contributed by atoms with Gasteiger partial charge in [-0.15, -0.1) is 12.4 Å². The smallest absolute Gasteiger partial charge is 0.262 e. The van der Waals surface area contributed by atoms with E-state index < -0.39 is 15.9 Å². The summed E-state index contributed by atoms with van der Waals surface area (Å²) in [6, 6.07) is 9.47. The molecule has 24 heavy (non-hydrogen) atoms. The van der Waals surface area contributed by atoms with Crippen LogP contribution in [0.2, 0.25) is 0 Å². The van der Waals surface area contributed by atoms with E-state index >= 15 is 0 Å². The van der Waals surface area contributed by atoms with E-state index in [1.54, 1.807) is 32.0 Å². The Morgan fingerprint density at radius 1 is 1.21 bits per heavy atom. The van der Waals surface area contributed by atoms with Crippen molar-refractivity contribution in [2.45, 2.75) is 25.2 Å². The second-order valence-electron chi connectivity index (χ2n) is 5.32. The van der Waals surface area contributed by atoms with E-state index in [0.717, 1.165) is 5.56 Å². The van der Waals surface area contributed by atoms with Crippen molar-refractivity contribution in [3.8, 4) is 5.75 Å². The maximum atomic E-state index is 12.4. The number of carbonyl (C=O) groups is 1.